The van der Waals surface area contributed by atoms with E-state index in [-0.39, 0.29) is 25.0 Å². The number of carbonyl (C=O) groups is 1. The predicted molar refractivity (Wildman–Crippen MR) is 73.1 cm³/mol. The van der Waals surface area contributed by atoms with Crippen molar-refractivity contribution in [2.45, 2.75) is 50.8 Å². The summed E-state index contributed by atoms with van der Waals surface area (Å²) in [6.45, 7) is 4.20. The number of hydrogen-bond acceptors (Lipinski definition) is 6. The molecule has 2 rings (SSSR count). The molecule has 0 spiro atoms. The van der Waals surface area contributed by atoms with E-state index in [0.717, 1.165) is 6.42 Å². The van der Waals surface area contributed by atoms with Crippen LogP contribution < -0.4 is 0 Å². The fraction of sp³-hybridized carbons (Fsp3) is 0.929. The Labute approximate surface area is 124 Å². The lowest BCUT2D eigenvalue weighted by Crippen LogP contribution is -2.64. The van der Waals surface area contributed by atoms with Crippen molar-refractivity contribution in [3.05, 3.63) is 0 Å². The van der Waals surface area contributed by atoms with Gasteiger partial charge in [0.1, 0.15) is 18.3 Å². The van der Waals surface area contributed by atoms with E-state index in [9.17, 15) is 25.2 Å². The van der Waals surface area contributed by atoms with Crippen LogP contribution in [0.3, 0.4) is 0 Å². The zero-order valence-corrected chi connectivity index (χ0v) is 12.5. The zero-order chi connectivity index (χ0) is 15.8. The van der Waals surface area contributed by atoms with Gasteiger partial charge in [-0.05, 0) is 18.3 Å². The van der Waals surface area contributed by atoms with E-state index in [1.807, 2.05) is 0 Å². The van der Waals surface area contributed by atoms with Gasteiger partial charge in [-0.15, -0.1) is 0 Å². The summed E-state index contributed by atoms with van der Waals surface area (Å²) in [4.78, 5) is 13.5. The second-order valence-corrected chi connectivity index (χ2v) is 6.63. The van der Waals surface area contributed by atoms with Crippen LogP contribution in [0.15, 0.2) is 0 Å². The molecule has 0 aromatic rings. The first kappa shape index (κ1) is 16.6. The van der Waals surface area contributed by atoms with Gasteiger partial charge in [0.25, 0.3) is 0 Å². The van der Waals surface area contributed by atoms with Gasteiger partial charge in [0, 0.05) is 13.0 Å². The minimum atomic E-state index is -2.04. The molecule has 2 aliphatic heterocycles. The van der Waals surface area contributed by atoms with Gasteiger partial charge in [-0.3, -0.25) is 4.79 Å². The Kier molecular flexibility index (Phi) is 4.89. The van der Waals surface area contributed by atoms with E-state index in [2.05, 4.69) is 13.8 Å². The Bertz CT molecular complexity index is 390. The SMILES string of the molecule is CC(C)C[C@@H]1CC(=O)N(C[C@@]2(O)OC[C@@H](O)[C@H](O)[C@@H]2O)C1. The maximum atomic E-state index is 12.0. The van der Waals surface area contributed by atoms with Gasteiger partial charge in [0.2, 0.25) is 11.7 Å². The molecule has 2 saturated heterocycles. The van der Waals surface area contributed by atoms with E-state index in [1.165, 1.54) is 4.90 Å². The lowest BCUT2D eigenvalue weighted by molar-refractivity contribution is -0.323. The van der Waals surface area contributed by atoms with Gasteiger partial charge in [-0.1, -0.05) is 13.8 Å². The van der Waals surface area contributed by atoms with Gasteiger partial charge in [-0.2, -0.15) is 0 Å². The molecule has 0 saturated carbocycles. The van der Waals surface area contributed by atoms with Crippen LogP contribution in [0, 0.1) is 11.8 Å². The fourth-order valence-electron chi connectivity index (χ4n) is 3.13. The molecule has 122 valence electrons. The second kappa shape index (κ2) is 6.18. The van der Waals surface area contributed by atoms with E-state index in [0.29, 0.717) is 18.9 Å². The van der Waals surface area contributed by atoms with Crippen LogP contribution in [-0.4, -0.2) is 75.0 Å². The number of hydrogen-bond donors (Lipinski definition) is 4. The Morgan fingerprint density at radius 1 is 1.38 bits per heavy atom. The minimum Gasteiger partial charge on any atom is -0.388 e. The molecule has 0 aromatic carbocycles. The van der Waals surface area contributed by atoms with Gasteiger partial charge < -0.3 is 30.1 Å². The van der Waals surface area contributed by atoms with Crippen LogP contribution >= 0.6 is 0 Å². The zero-order valence-electron chi connectivity index (χ0n) is 12.5. The number of aliphatic hydroxyl groups excluding tert-OH is 3. The number of likely N-dealkylation sites (tertiary alicyclic amines) is 1. The molecule has 1 amide bonds. The fourth-order valence-corrected chi connectivity index (χ4v) is 3.13. The number of nitrogens with zero attached hydrogens (tertiary/aromatic N) is 1. The number of carbonyl (C=O) groups excluding carboxylic acids is 1. The van der Waals surface area contributed by atoms with E-state index >= 15 is 0 Å². The van der Waals surface area contributed by atoms with Crippen LogP contribution in [0.25, 0.3) is 0 Å². The number of aliphatic hydroxyl groups is 4. The van der Waals surface area contributed by atoms with E-state index in [1.54, 1.807) is 0 Å². The maximum Gasteiger partial charge on any atom is 0.223 e. The molecule has 0 unspecified atom stereocenters. The third kappa shape index (κ3) is 3.54. The summed E-state index contributed by atoms with van der Waals surface area (Å²) < 4.78 is 5.09. The molecule has 5 atom stereocenters. The van der Waals surface area contributed by atoms with Crippen molar-refractivity contribution >= 4 is 5.91 Å². The Morgan fingerprint density at radius 3 is 2.67 bits per heavy atom. The Morgan fingerprint density at radius 2 is 2.05 bits per heavy atom. The van der Waals surface area contributed by atoms with Gasteiger partial charge >= 0.3 is 0 Å². The third-order valence-corrected chi connectivity index (χ3v) is 4.20. The first-order valence-corrected chi connectivity index (χ1v) is 7.41. The quantitative estimate of drug-likeness (QED) is 0.513. The van der Waals surface area contributed by atoms with Crippen molar-refractivity contribution in [3.8, 4) is 0 Å². The highest BCUT2D eigenvalue weighted by molar-refractivity contribution is 5.78. The minimum absolute atomic E-state index is 0.0921. The molecule has 0 radical (unpaired) electrons. The van der Waals surface area contributed by atoms with Crippen molar-refractivity contribution in [1.82, 2.24) is 4.90 Å². The van der Waals surface area contributed by atoms with Crippen molar-refractivity contribution in [2.75, 3.05) is 19.7 Å². The summed E-state index contributed by atoms with van der Waals surface area (Å²) in [5, 5.41) is 39.3. The highest BCUT2D eigenvalue weighted by Gasteiger charge is 2.50. The normalized spacial score (nSPS) is 41.1. The molecule has 0 bridgehead atoms. The van der Waals surface area contributed by atoms with Crippen molar-refractivity contribution in [2.24, 2.45) is 11.8 Å². The summed E-state index contributed by atoms with van der Waals surface area (Å²) >= 11 is 0. The Balaban J connectivity index is 1.99. The first-order valence-electron chi connectivity index (χ1n) is 7.41. The molecule has 4 N–H and O–H groups in total. The molecule has 2 heterocycles. The maximum absolute atomic E-state index is 12.0. The smallest absolute Gasteiger partial charge is 0.223 e. The third-order valence-electron chi connectivity index (χ3n) is 4.20. The van der Waals surface area contributed by atoms with Crippen LogP contribution in [0.5, 0.6) is 0 Å². The Hall–Kier alpha value is -0.730. The average molecular weight is 303 g/mol. The number of rotatable bonds is 4. The highest BCUT2D eigenvalue weighted by Crippen LogP contribution is 2.29. The topological polar surface area (TPSA) is 110 Å². The van der Waals surface area contributed by atoms with Crippen LogP contribution in [0.4, 0.5) is 0 Å². The number of ether oxygens (including phenoxy) is 1. The predicted octanol–water partition coefficient (Wildman–Crippen LogP) is -1.32. The van der Waals surface area contributed by atoms with Crippen molar-refractivity contribution in [3.63, 3.8) is 0 Å². The summed E-state index contributed by atoms with van der Waals surface area (Å²) in [6, 6.07) is 0. The summed E-state index contributed by atoms with van der Waals surface area (Å²) in [6.07, 6.45) is -3.05. The summed E-state index contributed by atoms with van der Waals surface area (Å²) in [7, 11) is 0. The van der Waals surface area contributed by atoms with Gasteiger partial charge in [0.15, 0.2) is 0 Å². The van der Waals surface area contributed by atoms with E-state index in [4.69, 9.17) is 4.74 Å². The second-order valence-electron chi connectivity index (χ2n) is 6.63. The lowest BCUT2D eigenvalue weighted by Gasteiger charge is -2.43. The number of β-amino-alcohol motifs (C(OH)–C–C–N with tert-alkyl or cyclic N) is 1. The molecule has 7 nitrogen and oxygen atoms in total. The number of amides is 1. The molecular weight excluding hydrogens is 278 g/mol. The van der Waals surface area contributed by atoms with Gasteiger partial charge in [0.05, 0.1) is 13.2 Å². The molecular formula is C14H25NO6. The van der Waals surface area contributed by atoms with Gasteiger partial charge in [-0.25, -0.2) is 0 Å². The summed E-state index contributed by atoms with van der Waals surface area (Å²) in [5.74, 6) is -1.41. The van der Waals surface area contributed by atoms with Crippen LogP contribution in [0.2, 0.25) is 0 Å². The molecule has 0 aromatic heterocycles. The average Bonchev–Trinajstić information content (AvgIpc) is 2.71. The van der Waals surface area contributed by atoms with Crippen LogP contribution in [-0.2, 0) is 9.53 Å². The van der Waals surface area contributed by atoms with Crippen molar-refractivity contribution < 1.29 is 30.0 Å². The van der Waals surface area contributed by atoms with Crippen LogP contribution in [0.1, 0.15) is 26.7 Å². The molecule has 21 heavy (non-hydrogen) atoms. The molecule has 2 aliphatic rings. The first-order chi connectivity index (χ1) is 9.73. The van der Waals surface area contributed by atoms with Crippen molar-refractivity contribution in [1.29, 1.82) is 0 Å². The standard InChI is InChI=1S/C14H25NO6/c1-8(2)3-9-4-11(17)15(5-9)7-14(20)13(19)12(18)10(16)6-21-14/h8-10,12-13,16,18-20H,3-7H2,1-2H3/t9-,10-,12+,13+,14-/m1/s1. The monoisotopic (exact) mass is 303 g/mol. The lowest BCUT2D eigenvalue weighted by atomic mass is 9.96. The highest BCUT2D eigenvalue weighted by atomic mass is 16.6. The molecule has 0 aliphatic carbocycles. The summed E-state index contributed by atoms with van der Waals surface area (Å²) in [5.41, 5.74) is 0. The van der Waals surface area contributed by atoms with E-state index < -0.39 is 24.1 Å². The largest absolute Gasteiger partial charge is 0.388 e. The molecule has 7 heteroatoms. The molecule has 2 fully saturated rings.